The molecule has 4 rings (SSSR count). The lowest BCUT2D eigenvalue weighted by Crippen LogP contribution is -2.68. The molecule has 0 amide bonds. The van der Waals surface area contributed by atoms with Gasteiger partial charge in [-0.3, -0.25) is 14.4 Å². The lowest BCUT2D eigenvalue weighted by Gasteiger charge is -2.64. The van der Waals surface area contributed by atoms with Gasteiger partial charge >= 0.3 is 5.97 Å². The summed E-state index contributed by atoms with van der Waals surface area (Å²) in [7, 11) is 0. The zero-order valence-electron chi connectivity index (χ0n) is 16.7. The molecule has 2 bridgehead atoms. The van der Waals surface area contributed by atoms with E-state index in [0.29, 0.717) is 18.4 Å². The summed E-state index contributed by atoms with van der Waals surface area (Å²) in [5.41, 5.74) is -1.41. The molecule has 1 unspecified atom stereocenters. The summed E-state index contributed by atoms with van der Waals surface area (Å²) in [6, 6.07) is 0. The summed E-state index contributed by atoms with van der Waals surface area (Å²) in [4.78, 5) is 38.1. The van der Waals surface area contributed by atoms with Gasteiger partial charge in [0, 0.05) is 24.7 Å². The van der Waals surface area contributed by atoms with Crippen LogP contribution in [0, 0.1) is 34.0 Å². The van der Waals surface area contributed by atoms with Gasteiger partial charge < -0.3 is 9.84 Å². The minimum Gasteiger partial charge on any atom is -0.461 e. The summed E-state index contributed by atoms with van der Waals surface area (Å²) < 4.78 is 5.72. The largest absolute Gasteiger partial charge is 0.461 e. The molecule has 5 heteroatoms. The molecule has 0 aromatic carbocycles. The Morgan fingerprint density at radius 2 is 1.85 bits per heavy atom. The number of aliphatic hydroxyl groups excluding tert-OH is 1. The first-order valence-electron chi connectivity index (χ1n) is 10.1. The fraction of sp³-hybridized carbons (Fsp3) is 0.773. The SMILES string of the molecule is C=C1C(=O)[C@]23C(O)[C@H]1CC[C@H]2[C@]1(C)CCC(=O)C(C)(C)[C@H]1C[C@H]3OC(C)=O. The van der Waals surface area contributed by atoms with Crippen molar-refractivity contribution in [1.29, 1.82) is 0 Å². The van der Waals surface area contributed by atoms with Crippen molar-refractivity contribution >= 4 is 17.5 Å². The molecule has 0 aromatic heterocycles. The van der Waals surface area contributed by atoms with Gasteiger partial charge in [-0.15, -0.1) is 0 Å². The molecule has 4 aliphatic carbocycles. The number of hydrogen-bond acceptors (Lipinski definition) is 5. The van der Waals surface area contributed by atoms with Crippen molar-refractivity contribution in [1.82, 2.24) is 0 Å². The van der Waals surface area contributed by atoms with E-state index in [2.05, 4.69) is 13.5 Å². The Labute approximate surface area is 160 Å². The third-order valence-electron chi connectivity index (χ3n) is 8.71. The number of ketones is 2. The van der Waals surface area contributed by atoms with Crippen molar-refractivity contribution in [2.45, 2.75) is 72.0 Å². The van der Waals surface area contributed by atoms with E-state index in [9.17, 15) is 19.5 Å². The van der Waals surface area contributed by atoms with E-state index in [4.69, 9.17) is 4.74 Å². The topological polar surface area (TPSA) is 80.7 Å². The molecule has 1 N–H and O–H groups in total. The third-order valence-corrected chi connectivity index (χ3v) is 8.71. The fourth-order valence-electron chi connectivity index (χ4n) is 7.46. The van der Waals surface area contributed by atoms with Crippen molar-refractivity contribution in [3.05, 3.63) is 12.2 Å². The van der Waals surface area contributed by atoms with Crippen LogP contribution in [0.25, 0.3) is 0 Å². The number of ether oxygens (including phenoxy) is 1. The van der Waals surface area contributed by atoms with Crippen LogP contribution in [0.3, 0.4) is 0 Å². The van der Waals surface area contributed by atoms with Gasteiger partial charge in [0.15, 0.2) is 5.78 Å². The fourth-order valence-corrected chi connectivity index (χ4v) is 7.46. The minimum absolute atomic E-state index is 0.0108. The molecule has 4 fully saturated rings. The second-order valence-corrected chi connectivity index (χ2v) is 10.0. The van der Waals surface area contributed by atoms with Crippen molar-refractivity contribution in [2.75, 3.05) is 0 Å². The molecule has 0 aromatic rings. The number of esters is 1. The Balaban J connectivity index is 1.91. The summed E-state index contributed by atoms with van der Waals surface area (Å²) in [5, 5.41) is 11.3. The van der Waals surface area contributed by atoms with Crippen LogP contribution in [-0.2, 0) is 19.1 Å². The van der Waals surface area contributed by atoms with Crippen LogP contribution in [0.5, 0.6) is 0 Å². The molecule has 1 spiro atoms. The van der Waals surface area contributed by atoms with Gasteiger partial charge in [-0.2, -0.15) is 0 Å². The zero-order valence-corrected chi connectivity index (χ0v) is 16.7. The van der Waals surface area contributed by atoms with Crippen LogP contribution in [0.1, 0.15) is 59.8 Å². The van der Waals surface area contributed by atoms with Crippen LogP contribution in [-0.4, -0.2) is 34.9 Å². The number of hydrogen-bond donors (Lipinski definition) is 1. The first-order chi connectivity index (χ1) is 12.5. The highest BCUT2D eigenvalue weighted by atomic mass is 16.5. The van der Waals surface area contributed by atoms with Crippen molar-refractivity contribution < 1.29 is 24.2 Å². The highest BCUT2D eigenvalue weighted by Gasteiger charge is 2.75. The van der Waals surface area contributed by atoms with E-state index in [-0.39, 0.29) is 34.7 Å². The molecule has 0 heterocycles. The average molecular weight is 374 g/mol. The predicted molar refractivity (Wildman–Crippen MR) is 98.6 cm³/mol. The second-order valence-electron chi connectivity index (χ2n) is 10.0. The number of carbonyl (C=O) groups excluding carboxylic acids is 3. The van der Waals surface area contributed by atoms with Crippen LogP contribution < -0.4 is 0 Å². The first-order valence-corrected chi connectivity index (χ1v) is 10.1. The van der Waals surface area contributed by atoms with Gasteiger partial charge in [-0.25, -0.2) is 0 Å². The molecule has 0 radical (unpaired) electrons. The van der Waals surface area contributed by atoms with Crippen molar-refractivity contribution in [2.24, 2.45) is 34.0 Å². The number of rotatable bonds is 1. The zero-order chi connectivity index (χ0) is 19.9. The van der Waals surface area contributed by atoms with Crippen LogP contribution >= 0.6 is 0 Å². The van der Waals surface area contributed by atoms with E-state index in [1.807, 2.05) is 13.8 Å². The standard InChI is InChI=1S/C22H30O5/c1-11-13-6-7-14-21(5)9-8-16(24)20(3,4)15(21)10-17(27-12(2)23)22(14,18(11)25)19(13)26/h13-15,17,19,26H,1,6-10H2,2-5H3/t13-,14-,15+,17+,19?,21-,22-/m0/s1. The monoisotopic (exact) mass is 374 g/mol. The molecule has 5 nitrogen and oxygen atoms in total. The highest BCUT2D eigenvalue weighted by Crippen LogP contribution is 2.71. The summed E-state index contributed by atoms with van der Waals surface area (Å²) in [6.45, 7) is 11.5. The van der Waals surface area contributed by atoms with Gasteiger partial charge in [0.1, 0.15) is 11.9 Å². The highest BCUT2D eigenvalue weighted by molar-refractivity contribution is 6.04. The van der Waals surface area contributed by atoms with Crippen molar-refractivity contribution in [3.8, 4) is 0 Å². The van der Waals surface area contributed by atoms with E-state index >= 15 is 0 Å². The van der Waals surface area contributed by atoms with Crippen LogP contribution in [0.4, 0.5) is 0 Å². The molecule has 4 aliphatic rings. The van der Waals surface area contributed by atoms with E-state index in [0.717, 1.165) is 19.3 Å². The smallest absolute Gasteiger partial charge is 0.302 e. The molecular weight excluding hydrogens is 344 g/mol. The number of fused-ring (bicyclic) bond motifs is 3. The summed E-state index contributed by atoms with van der Waals surface area (Å²) in [5.74, 6) is -0.682. The maximum absolute atomic E-state index is 13.5. The van der Waals surface area contributed by atoms with Gasteiger partial charge in [-0.05, 0) is 48.5 Å². The maximum Gasteiger partial charge on any atom is 0.302 e. The molecule has 148 valence electrons. The Morgan fingerprint density at radius 1 is 1.19 bits per heavy atom. The molecule has 7 atom stereocenters. The molecule has 4 saturated carbocycles. The van der Waals surface area contributed by atoms with Gasteiger partial charge in [0.2, 0.25) is 0 Å². The van der Waals surface area contributed by atoms with Crippen molar-refractivity contribution in [3.63, 3.8) is 0 Å². The number of carbonyl (C=O) groups is 3. The van der Waals surface area contributed by atoms with Gasteiger partial charge in [0.25, 0.3) is 0 Å². The Bertz CT molecular complexity index is 752. The Kier molecular flexibility index (Phi) is 3.86. The summed E-state index contributed by atoms with van der Waals surface area (Å²) >= 11 is 0. The number of aliphatic hydroxyl groups is 1. The quantitative estimate of drug-likeness (QED) is 0.564. The second kappa shape index (κ2) is 5.53. The molecule has 0 aliphatic heterocycles. The van der Waals surface area contributed by atoms with Gasteiger partial charge in [-0.1, -0.05) is 27.4 Å². The van der Waals surface area contributed by atoms with E-state index in [1.165, 1.54) is 6.92 Å². The van der Waals surface area contributed by atoms with Gasteiger partial charge in [0.05, 0.1) is 11.5 Å². The van der Waals surface area contributed by atoms with E-state index in [1.54, 1.807) is 0 Å². The first kappa shape index (κ1) is 18.9. The normalized spacial score (nSPS) is 48.0. The van der Waals surface area contributed by atoms with E-state index < -0.39 is 29.0 Å². The lowest BCUT2D eigenvalue weighted by atomic mass is 9.39. The minimum atomic E-state index is -1.10. The Morgan fingerprint density at radius 3 is 2.48 bits per heavy atom. The molecular formula is C22H30O5. The Hall–Kier alpha value is -1.49. The average Bonchev–Trinajstić information content (AvgIpc) is 2.69. The molecule has 27 heavy (non-hydrogen) atoms. The van der Waals surface area contributed by atoms with Crippen LogP contribution in [0.2, 0.25) is 0 Å². The number of Topliss-reactive ketones (excluding diaryl/α,β-unsaturated/α-hetero) is 2. The van der Waals surface area contributed by atoms with Crippen LogP contribution in [0.15, 0.2) is 12.2 Å². The maximum atomic E-state index is 13.5. The summed E-state index contributed by atoms with van der Waals surface area (Å²) in [6.07, 6.45) is 1.61. The lowest BCUT2D eigenvalue weighted by molar-refractivity contribution is -0.230. The third kappa shape index (κ3) is 2.07. The predicted octanol–water partition coefficient (Wildman–Crippen LogP) is 2.85. The molecule has 0 saturated heterocycles.